The van der Waals surface area contributed by atoms with Crippen LogP contribution in [0.3, 0.4) is 0 Å². The molecular formula is C27H23Cl2N3O4. The maximum atomic E-state index is 13.7. The van der Waals surface area contributed by atoms with E-state index in [-0.39, 0.29) is 29.0 Å². The summed E-state index contributed by atoms with van der Waals surface area (Å²) in [7, 11) is 0. The number of aliphatic carboxylic acids is 1. The highest BCUT2D eigenvalue weighted by Gasteiger charge is 2.36. The monoisotopic (exact) mass is 523 g/mol. The number of nitrogens with zero attached hydrogens (tertiary/aromatic N) is 3. The zero-order valence-electron chi connectivity index (χ0n) is 19.2. The van der Waals surface area contributed by atoms with E-state index in [0.29, 0.717) is 28.7 Å². The van der Waals surface area contributed by atoms with Crippen LogP contribution in [-0.4, -0.2) is 41.1 Å². The van der Waals surface area contributed by atoms with E-state index in [2.05, 4.69) is 16.0 Å². The highest BCUT2D eigenvalue weighted by atomic mass is 35.5. The van der Waals surface area contributed by atoms with Crippen molar-refractivity contribution in [1.82, 2.24) is 4.98 Å². The molecule has 36 heavy (non-hydrogen) atoms. The molecule has 0 bridgehead atoms. The molecule has 184 valence electrons. The minimum atomic E-state index is -0.947. The summed E-state index contributed by atoms with van der Waals surface area (Å²) >= 11 is 12.8. The summed E-state index contributed by atoms with van der Waals surface area (Å²) in [5.41, 5.74) is 2.80. The zero-order chi connectivity index (χ0) is 25.2. The van der Waals surface area contributed by atoms with E-state index in [0.717, 1.165) is 17.9 Å². The Hall–Kier alpha value is -3.55. The molecule has 2 aromatic carbocycles. The van der Waals surface area contributed by atoms with Crippen LogP contribution in [0.2, 0.25) is 10.0 Å². The standard InChI is InChI=1S/C27H23Cl2N3O4/c28-20-16-24(21(29)15-17(20)5-3-9-25(33)34)36-26-19(6-4-12-30-26)27(35)32-14-13-31(18-10-11-18)22-7-1-2-8-23(22)32/h1-8,12,15-16,18H,9-11,13-14H2,(H,33,34). The van der Waals surface area contributed by atoms with Gasteiger partial charge in [0.2, 0.25) is 5.88 Å². The molecule has 1 saturated carbocycles. The largest absolute Gasteiger partial charge is 0.481 e. The topological polar surface area (TPSA) is 83.0 Å². The maximum Gasteiger partial charge on any atom is 0.307 e. The van der Waals surface area contributed by atoms with Crippen molar-refractivity contribution in [3.63, 3.8) is 0 Å². The van der Waals surface area contributed by atoms with E-state index in [4.69, 9.17) is 33.0 Å². The van der Waals surface area contributed by atoms with Gasteiger partial charge in [-0.25, -0.2) is 4.98 Å². The van der Waals surface area contributed by atoms with E-state index < -0.39 is 5.97 Å². The van der Waals surface area contributed by atoms with Crippen LogP contribution in [0, 0.1) is 0 Å². The quantitative estimate of drug-likeness (QED) is 0.391. The van der Waals surface area contributed by atoms with Crippen molar-refractivity contribution in [2.24, 2.45) is 0 Å². The number of carbonyl (C=O) groups excluding carboxylic acids is 1. The predicted molar refractivity (Wildman–Crippen MR) is 141 cm³/mol. The molecule has 0 saturated heterocycles. The normalized spacial score (nSPS) is 15.2. The fourth-order valence-electron chi connectivity index (χ4n) is 4.28. The van der Waals surface area contributed by atoms with Crippen LogP contribution in [0.4, 0.5) is 11.4 Å². The number of pyridine rings is 1. The summed E-state index contributed by atoms with van der Waals surface area (Å²) in [6.07, 6.45) is 6.84. The number of carboxylic acid groups (broad SMARTS) is 1. The van der Waals surface area contributed by atoms with Crippen LogP contribution in [-0.2, 0) is 4.79 Å². The average molecular weight is 524 g/mol. The van der Waals surface area contributed by atoms with Crippen LogP contribution in [0.15, 0.2) is 60.8 Å². The van der Waals surface area contributed by atoms with Crippen LogP contribution in [0.25, 0.3) is 6.08 Å². The second-order valence-electron chi connectivity index (χ2n) is 8.63. The average Bonchev–Trinajstić information content (AvgIpc) is 3.71. The summed E-state index contributed by atoms with van der Waals surface area (Å²) in [5.74, 6) is -0.797. The van der Waals surface area contributed by atoms with Gasteiger partial charge in [-0.15, -0.1) is 0 Å². The van der Waals surface area contributed by atoms with Crippen molar-refractivity contribution in [1.29, 1.82) is 0 Å². The Labute approximate surface area is 218 Å². The molecule has 2 aliphatic rings. The number of rotatable bonds is 7. The molecule has 1 aliphatic carbocycles. The van der Waals surface area contributed by atoms with Gasteiger partial charge in [-0.05, 0) is 48.7 Å². The second kappa shape index (κ2) is 10.2. The first-order chi connectivity index (χ1) is 17.4. The number of carbonyl (C=O) groups is 2. The molecular weight excluding hydrogens is 501 g/mol. The first kappa shape index (κ1) is 24.2. The van der Waals surface area contributed by atoms with Crippen LogP contribution in [0.1, 0.15) is 35.2 Å². The van der Waals surface area contributed by atoms with Crippen molar-refractivity contribution >= 4 is 52.5 Å². The third kappa shape index (κ3) is 5.03. The summed E-state index contributed by atoms with van der Waals surface area (Å²) < 4.78 is 5.98. The van der Waals surface area contributed by atoms with Gasteiger partial charge in [0.1, 0.15) is 11.3 Å². The van der Waals surface area contributed by atoms with E-state index in [1.807, 2.05) is 18.2 Å². The number of hydrogen-bond acceptors (Lipinski definition) is 5. The van der Waals surface area contributed by atoms with Gasteiger partial charge in [0, 0.05) is 31.4 Å². The van der Waals surface area contributed by atoms with Gasteiger partial charge in [0.15, 0.2) is 0 Å². The van der Waals surface area contributed by atoms with E-state index in [1.165, 1.54) is 25.0 Å². The van der Waals surface area contributed by atoms with Gasteiger partial charge in [0.05, 0.1) is 27.8 Å². The Morgan fingerprint density at radius 1 is 1.06 bits per heavy atom. The number of para-hydroxylation sites is 2. The second-order valence-corrected chi connectivity index (χ2v) is 9.45. The van der Waals surface area contributed by atoms with Crippen LogP contribution < -0.4 is 14.5 Å². The van der Waals surface area contributed by atoms with E-state index in [9.17, 15) is 9.59 Å². The minimum absolute atomic E-state index is 0.122. The molecule has 1 amide bonds. The summed E-state index contributed by atoms with van der Waals surface area (Å²) in [4.78, 5) is 32.9. The van der Waals surface area contributed by atoms with Gasteiger partial charge in [-0.2, -0.15) is 0 Å². The van der Waals surface area contributed by atoms with Gasteiger partial charge in [0.25, 0.3) is 5.91 Å². The number of halogens is 2. The fraction of sp³-hybridized carbons (Fsp3) is 0.222. The number of amides is 1. The molecule has 3 aromatic rings. The minimum Gasteiger partial charge on any atom is -0.481 e. The Balaban J connectivity index is 1.41. The molecule has 0 spiro atoms. The fourth-order valence-corrected chi connectivity index (χ4v) is 4.71. The maximum absolute atomic E-state index is 13.7. The van der Waals surface area contributed by atoms with E-state index >= 15 is 0 Å². The number of ether oxygens (including phenoxy) is 1. The first-order valence-corrected chi connectivity index (χ1v) is 12.4. The van der Waals surface area contributed by atoms with Crippen molar-refractivity contribution in [2.45, 2.75) is 25.3 Å². The van der Waals surface area contributed by atoms with E-state index in [1.54, 1.807) is 35.4 Å². The third-order valence-corrected chi connectivity index (χ3v) is 6.75. The number of benzene rings is 2. The Morgan fingerprint density at radius 3 is 2.58 bits per heavy atom. The predicted octanol–water partition coefficient (Wildman–Crippen LogP) is 6.30. The third-order valence-electron chi connectivity index (χ3n) is 6.13. The molecule has 7 nitrogen and oxygen atoms in total. The molecule has 1 fully saturated rings. The lowest BCUT2D eigenvalue weighted by molar-refractivity contribution is -0.135. The lowest BCUT2D eigenvalue weighted by Gasteiger charge is -2.38. The molecule has 0 unspecified atom stereocenters. The summed E-state index contributed by atoms with van der Waals surface area (Å²) in [6, 6.07) is 15.0. The number of fused-ring (bicyclic) bond motifs is 1. The van der Waals surface area contributed by atoms with Crippen molar-refractivity contribution in [3.8, 4) is 11.6 Å². The van der Waals surface area contributed by atoms with Gasteiger partial charge in [-0.3, -0.25) is 9.59 Å². The van der Waals surface area contributed by atoms with Crippen molar-refractivity contribution in [2.75, 3.05) is 22.9 Å². The Morgan fingerprint density at radius 2 is 1.83 bits per heavy atom. The number of anilines is 2. The molecule has 9 heteroatoms. The molecule has 1 aliphatic heterocycles. The van der Waals surface area contributed by atoms with Gasteiger partial charge in [-0.1, -0.05) is 47.5 Å². The summed E-state index contributed by atoms with van der Waals surface area (Å²) in [5, 5.41) is 9.39. The zero-order valence-corrected chi connectivity index (χ0v) is 20.7. The highest BCUT2D eigenvalue weighted by Crippen LogP contribution is 2.41. The highest BCUT2D eigenvalue weighted by molar-refractivity contribution is 6.35. The molecule has 1 aromatic heterocycles. The Bertz CT molecular complexity index is 1360. The first-order valence-electron chi connectivity index (χ1n) is 11.6. The SMILES string of the molecule is O=C(O)CC=Cc1cc(Cl)c(Oc2ncccc2C(=O)N2CCN(C3CC3)c3ccccc32)cc1Cl. The lowest BCUT2D eigenvalue weighted by atomic mass is 10.1. The molecule has 5 rings (SSSR count). The van der Waals surface area contributed by atoms with Crippen molar-refractivity contribution in [3.05, 3.63) is 82.0 Å². The lowest BCUT2D eigenvalue weighted by Crippen LogP contribution is -2.45. The Kier molecular flexibility index (Phi) is 6.85. The smallest absolute Gasteiger partial charge is 0.307 e. The number of aromatic nitrogens is 1. The molecule has 0 radical (unpaired) electrons. The molecule has 1 N–H and O–H groups in total. The van der Waals surface area contributed by atoms with Crippen LogP contribution >= 0.6 is 23.2 Å². The van der Waals surface area contributed by atoms with Crippen molar-refractivity contribution < 1.29 is 19.4 Å². The summed E-state index contributed by atoms with van der Waals surface area (Å²) in [6.45, 7) is 1.33. The van der Waals surface area contributed by atoms with Gasteiger partial charge < -0.3 is 19.6 Å². The number of carboxylic acids is 1. The van der Waals surface area contributed by atoms with Gasteiger partial charge >= 0.3 is 5.97 Å². The number of hydrogen-bond donors (Lipinski definition) is 1. The molecule has 0 atom stereocenters. The molecule has 2 heterocycles. The van der Waals surface area contributed by atoms with Crippen LogP contribution in [0.5, 0.6) is 11.6 Å².